The minimum absolute atomic E-state index is 0.834. The average Bonchev–Trinajstić information content (AvgIpc) is 2.98. The Kier molecular flexibility index (Phi) is 2.74. The van der Waals surface area contributed by atoms with E-state index >= 15 is 0 Å². The molecule has 1 aliphatic rings. The number of ether oxygens (including phenoxy) is 1. The zero-order valence-electron chi connectivity index (χ0n) is 9.73. The molecule has 17 heavy (non-hydrogen) atoms. The topological polar surface area (TPSA) is 26.2 Å². The number of nitrogens with one attached hydrogen (secondary N) is 1. The quantitative estimate of drug-likeness (QED) is 0.868. The van der Waals surface area contributed by atoms with Gasteiger partial charge < -0.3 is 10.2 Å². The molecule has 0 radical (unpaired) electrons. The standard InChI is InChI=1S/C14H16N2O/c1-2-9-16(8-1)15-7-5-12-3-4-14-13(11-12)6-10-17-14/h1-4,8-9,11,15H,5-7,10H2. The van der Waals surface area contributed by atoms with Gasteiger partial charge >= 0.3 is 0 Å². The molecular formula is C14H16N2O. The number of rotatable bonds is 4. The first-order chi connectivity index (χ1) is 8.42. The Labute approximate surface area is 101 Å². The normalized spacial score (nSPS) is 13.2. The van der Waals surface area contributed by atoms with Gasteiger partial charge in [-0.25, -0.2) is 0 Å². The molecule has 0 fully saturated rings. The van der Waals surface area contributed by atoms with Gasteiger partial charge in [-0.2, -0.15) is 0 Å². The molecule has 0 amide bonds. The maximum Gasteiger partial charge on any atom is 0.122 e. The minimum Gasteiger partial charge on any atom is -0.493 e. The van der Waals surface area contributed by atoms with Crippen molar-refractivity contribution in [3.63, 3.8) is 0 Å². The van der Waals surface area contributed by atoms with Crippen LogP contribution in [0.4, 0.5) is 0 Å². The fourth-order valence-corrected chi connectivity index (χ4v) is 2.16. The van der Waals surface area contributed by atoms with E-state index in [2.05, 4.69) is 23.6 Å². The molecule has 0 spiro atoms. The molecule has 0 atom stereocenters. The van der Waals surface area contributed by atoms with E-state index in [-0.39, 0.29) is 0 Å². The second-order valence-electron chi connectivity index (χ2n) is 4.29. The van der Waals surface area contributed by atoms with E-state index in [0.717, 1.165) is 31.7 Å². The van der Waals surface area contributed by atoms with Crippen LogP contribution in [0.3, 0.4) is 0 Å². The van der Waals surface area contributed by atoms with Gasteiger partial charge in [0.05, 0.1) is 6.61 Å². The third kappa shape index (κ3) is 2.28. The van der Waals surface area contributed by atoms with E-state index in [4.69, 9.17) is 4.74 Å². The largest absolute Gasteiger partial charge is 0.493 e. The van der Waals surface area contributed by atoms with Crippen molar-refractivity contribution in [3.8, 4) is 5.75 Å². The Morgan fingerprint density at radius 3 is 3.00 bits per heavy atom. The van der Waals surface area contributed by atoms with Gasteiger partial charge in [-0.1, -0.05) is 12.1 Å². The van der Waals surface area contributed by atoms with Crippen molar-refractivity contribution < 1.29 is 4.74 Å². The van der Waals surface area contributed by atoms with E-state index < -0.39 is 0 Å². The van der Waals surface area contributed by atoms with Crippen molar-refractivity contribution >= 4 is 0 Å². The Bertz CT molecular complexity index is 491. The van der Waals surface area contributed by atoms with E-state index in [1.165, 1.54) is 11.1 Å². The van der Waals surface area contributed by atoms with Crippen LogP contribution in [0.15, 0.2) is 42.7 Å². The van der Waals surface area contributed by atoms with Crippen LogP contribution < -0.4 is 10.2 Å². The highest BCUT2D eigenvalue weighted by atomic mass is 16.5. The van der Waals surface area contributed by atoms with E-state index in [0.29, 0.717) is 0 Å². The third-order valence-electron chi connectivity index (χ3n) is 3.07. The Morgan fingerprint density at radius 1 is 1.24 bits per heavy atom. The number of fused-ring (bicyclic) bond motifs is 1. The Balaban J connectivity index is 1.58. The van der Waals surface area contributed by atoms with Crippen LogP contribution in [0.2, 0.25) is 0 Å². The molecule has 0 saturated heterocycles. The van der Waals surface area contributed by atoms with Gasteiger partial charge in [0, 0.05) is 25.4 Å². The Morgan fingerprint density at radius 2 is 2.12 bits per heavy atom. The molecule has 1 aromatic heterocycles. The molecular weight excluding hydrogens is 212 g/mol. The van der Waals surface area contributed by atoms with Gasteiger partial charge in [0.25, 0.3) is 0 Å². The molecule has 1 N–H and O–H groups in total. The lowest BCUT2D eigenvalue weighted by molar-refractivity contribution is 0.357. The fraction of sp³-hybridized carbons (Fsp3) is 0.286. The highest BCUT2D eigenvalue weighted by Gasteiger charge is 2.11. The van der Waals surface area contributed by atoms with E-state index in [1.807, 2.05) is 29.2 Å². The molecule has 2 heterocycles. The smallest absolute Gasteiger partial charge is 0.122 e. The van der Waals surface area contributed by atoms with Crippen molar-refractivity contribution in [1.82, 2.24) is 4.68 Å². The highest BCUT2D eigenvalue weighted by molar-refractivity contribution is 5.39. The minimum atomic E-state index is 0.834. The number of aromatic nitrogens is 1. The lowest BCUT2D eigenvalue weighted by atomic mass is 10.1. The molecule has 3 heteroatoms. The molecule has 0 bridgehead atoms. The van der Waals surface area contributed by atoms with Gasteiger partial charge in [-0.05, 0) is 35.7 Å². The fourth-order valence-electron chi connectivity index (χ4n) is 2.16. The summed E-state index contributed by atoms with van der Waals surface area (Å²) in [5, 5.41) is 0. The summed E-state index contributed by atoms with van der Waals surface area (Å²) in [5.74, 6) is 1.06. The summed E-state index contributed by atoms with van der Waals surface area (Å²) < 4.78 is 7.48. The summed E-state index contributed by atoms with van der Waals surface area (Å²) in [7, 11) is 0. The van der Waals surface area contributed by atoms with Crippen LogP contribution in [0, 0.1) is 0 Å². The van der Waals surface area contributed by atoms with Crippen LogP contribution >= 0.6 is 0 Å². The highest BCUT2D eigenvalue weighted by Crippen LogP contribution is 2.25. The first kappa shape index (κ1) is 10.3. The van der Waals surface area contributed by atoms with Crippen molar-refractivity contribution in [3.05, 3.63) is 53.9 Å². The molecule has 1 aliphatic heterocycles. The van der Waals surface area contributed by atoms with Crippen molar-refractivity contribution in [1.29, 1.82) is 0 Å². The van der Waals surface area contributed by atoms with Gasteiger partial charge in [0.1, 0.15) is 5.75 Å². The zero-order chi connectivity index (χ0) is 11.5. The number of hydrogen-bond acceptors (Lipinski definition) is 2. The summed E-state index contributed by atoms with van der Waals surface area (Å²) in [6, 6.07) is 10.5. The van der Waals surface area contributed by atoms with Crippen molar-refractivity contribution in [2.24, 2.45) is 0 Å². The van der Waals surface area contributed by atoms with E-state index in [1.54, 1.807) is 0 Å². The molecule has 0 unspecified atom stereocenters. The van der Waals surface area contributed by atoms with Crippen LogP contribution in [0.1, 0.15) is 11.1 Å². The predicted molar refractivity (Wildman–Crippen MR) is 68.0 cm³/mol. The van der Waals surface area contributed by atoms with Crippen LogP contribution in [0.25, 0.3) is 0 Å². The molecule has 3 nitrogen and oxygen atoms in total. The summed E-state index contributed by atoms with van der Waals surface area (Å²) in [6.07, 6.45) is 6.10. The van der Waals surface area contributed by atoms with Crippen molar-refractivity contribution in [2.45, 2.75) is 12.8 Å². The second kappa shape index (κ2) is 4.53. The predicted octanol–water partition coefficient (Wildman–Crippen LogP) is 2.21. The molecule has 88 valence electrons. The van der Waals surface area contributed by atoms with E-state index in [9.17, 15) is 0 Å². The summed E-state index contributed by atoms with van der Waals surface area (Å²) in [5.41, 5.74) is 6.05. The first-order valence-electron chi connectivity index (χ1n) is 6.03. The van der Waals surface area contributed by atoms with Gasteiger partial charge in [-0.3, -0.25) is 4.68 Å². The molecule has 0 saturated carbocycles. The lowest BCUT2D eigenvalue weighted by Gasteiger charge is -2.08. The van der Waals surface area contributed by atoms with Gasteiger partial charge in [0.15, 0.2) is 0 Å². The molecule has 3 rings (SSSR count). The summed E-state index contributed by atoms with van der Waals surface area (Å²) in [4.78, 5) is 0. The van der Waals surface area contributed by atoms with Crippen LogP contribution in [-0.2, 0) is 12.8 Å². The second-order valence-corrected chi connectivity index (χ2v) is 4.29. The van der Waals surface area contributed by atoms with Crippen molar-refractivity contribution in [2.75, 3.05) is 18.6 Å². The van der Waals surface area contributed by atoms with Gasteiger partial charge in [0.2, 0.25) is 0 Å². The zero-order valence-corrected chi connectivity index (χ0v) is 9.73. The Hall–Kier alpha value is -1.90. The molecule has 0 aliphatic carbocycles. The SMILES string of the molecule is c1ccn(NCCc2ccc3c(c2)CCO3)c1. The van der Waals surface area contributed by atoms with Gasteiger partial charge in [-0.15, -0.1) is 0 Å². The molecule has 1 aromatic carbocycles. The average molecular weight is 228 g/mol. The number of nitrogens with zero attached hydrogens (tertiary/aromatic N) is 1. The number of hydrogen-bond donors (Lipinski definition) is 1. The number of benzene rings is 1. The summed E-state index contributed by atoms with van der Waals surface area (Å²) in [6.45, 7) is 1.77. The first-order valence-corrected chi connectivity index (χ1v) is 6.03. The van der Waals surface area contributed by atoms with Crippen LogP contribution in [0.5, 0.6) is 5.75 Å². The maximum atomic E-state index is 5.50. The summed E-state index contributed by atoms with van der Waals surface area (Å²) >= 11 is 0. The lowest BCUT2D eigenvalue weighted by Crippen LogP contribution is -2.15. The molecule has 2 aromatic rings. The van der Waals surface area contributed by atoms with Crippen LogP contribution in [-0.4, -0.2) is 17.8 Å². The third-order valence-corrected chi connectivity index (χ3v) is 3.07. The monoisotopic (exact) mass is 228 g/mol. The maximum absolute atomic E-state index is 5.50.